The molecule has 0 unspecified atom stereocenters. The first-order chi connectivity index (χ1) is 8.18. The molecule has 18 heavy (non-hydrogen) atoms. The van der Waals surface area contributed by atoms with E-state index >= 15 is 0 Å². The van der Waals surface area contributed by atoms with Crippen molar-refractivity contribution in [2.24, 2.45) is 5.92 Å². The molecule has 9 heteroatoms. The van der Waals surface area contributed by atoms with Gasteiger partial charge < -0.3 is 10.1 Å². The summed E-state index contributed by atoms with van der Waals surface area (Å²) in [4.78, 5) is 11.1. The molecule has 0 radical (unpaired) electrons. The highest BCUT2D eigenvalue weighted by atomic mass is 32.2. The topological polar surface area (TPSA) is 72.5 Å². The summed E-state index contributed by atoms with van der Waals surface area (Å²) in [5, 5.41) is 2.35. The van der Waals surface area contributed by atoms with E-state index in [1.54, 1.807) is 0 Å². The Labute approximate surface area is 103 Å². The number of carbonyl (C=O) groups excluding carboxylic acids is 1. The summed E-state index contributed by atoms with van der Waals surface area (Å²) in [5.41, 5.74) is 0. The van der Waals surface area contributed by atoms with Gasteiger partial charge in [0.25, 0.3) is 0 Å². The van der Waals surface area contributed by atoms with Gasteiger partial charge >= 0.3 is 6.18 Å². The van der Waals surface area contributed by atoms with E-state index in [9.17, 15) is 26.4 Å². The Morgan fingerprint density at radius 3 is 2.56 bits per heavy atom. The van der Waals surface area contributed by atoms with Crippen LogP contribution in [-0.4, -0.2) is 51.8 Å². The molecule has 0 bridgehead atoms. The summed E-state index contributed by atoms with van der Waals surface area (Å²) in [7, 11) is -3.01. The minimum atomic E-state index is -4.46. The quantitative estimate of drug-likeness (QED) is 0.780. The predicted molar refractivity (Wildman–Crippen MR) is 56.6 cm³/mol. The van der Waals surface area contributed by atoms with E-state index in [-0.39, 0.29) is 24.0 Å². The van der Waals surface area contributed by atoms with Crippen LogP contribution in [0.1, 0.15) is 6.42 Å². The third-order valence-electron chi connectivity index (χ3n) is 2.41. The third kappa shape index (κ3) is 6.20. The zero-order chi connectivity index (χ0) is 13.8. The van der Waals surface area contributed by atoms with E-state index < -0.39 is 35.1 Å². The average molecular weight is 289 g/mol. The number of alkyl halides is 3. The van der Waals surface area contributed by atoms with Crippen molar-refractivity contribution in [1.29, 1.82) is 0 Å². The van der Waals surface area contributed by atoms with Gasteiger partial charge in [-0.3, -0.25) is 4.79 Å². The summed E-state index contributed by atoms with van der Waals surface area (Å²) in [6.45, 7) is -2.01. The predicted octanol–water partition coefficient (Wildman–Crippen LogP) is 0.116. The lowest BCUT2D eigenvalue weighted by atomic mass is 10.1. The molecule has 1 heterocycles. The zero-order valence-electron chi connectivity index (χ0n) is 9.50. The third-order valence-corrected chi connectivity index (χ3v) is 4.25. The van der Waals surface area contributed by atoms with Gasteiger partial charge in [-0.25, -0.2) is 8.42 Å². The molecule has 0 aromatic heterocycles. The van der Waals surface area contributed by atoms with Gasteiger partial charge in [-0.2, -0.15) is 13.2 Å². The molecule has 106 valence electrons. The van der Waals surface area contributed by atoms with E-state index in [1.165, 1.54) is 0 Å². The summed E-state index contributed by atoms with van der Waals surface area (Å²) >= 11 is 0. The Morgan fingerprint density at radius 1 is 1.39 bits per heavy atom. The normalized spacial score (nSPS) is 22.9. The van der Waals surface area contributed by atoms with Crippen LogP contribution in [0, 0.1) is 5.92 Å². The Hall–Kier alpha value is -0.830. The molecule has 0 saturated carbocycles. The Balaban J connectivity index is 2.15. The first kappa shape index (κ1) is 15.2. The molecule has 1 aliphatic heterocycles. The fraction of sp³-hybridized carbons (Fsp3) is 0.889. The molecular formula is C9H14F3NO4S. The fourth-order valence-electron chi connectivity index (χ4n) is 1.60. The second-order valence-electron chi connectivity index (χ2n) is 4.18. The first-order valence-electron chi connectivity index (χ1n) is 5.29. The van der Waals surface area contributed by atoms with E-state index in [0.717, 1.165) is 0 Å². The molecule has 1 rings (SSSR count). The highest BCUT2D eigenvalue weighted by molar-refractivity contribution is 7.91. The minimum Gasteiger partial charge on any atom is -0.362 e. The molecule has 1 aliphatic rings. The van der Waals surface area contributed by atoms with Crippen molar-refractivity contribution in [2.75, 3.05) is 31.3 Å². The van der Waals surface area contributed by atoms with E-state index in [4.69, 9.17) is 0 Å². The second kappa shape index (κ2) is 5.87. The van der Waals surface area contributed by atoms with E-state index in [0.29, 0.717) is 6.42 Å². The van der Waals surface area contributed by atoms with Gasteiger partial charge in [-0.05, 0) is 12.3 Å². The number of halogens is 3. The van der Waals surface area contributed by atoms with Crippen molar-refractivity contribution in [2.45, 2.75) is 12.6 Å². The molecule has 1 atom stereocenters. The molecule has 0 spiro atoms. The zero-order valence-corrected chi connectivity index (χ0v) is 10.3. The Bertz CT molecular complexity index is 393. The van der Waals surface area contributed by atoms with Gasteiger partial charge in [0.1, 0.15) is 13.2 Å². The van der Waals surface area contributed by atoms with Crippen LogP contribution in [-0.2, 0) is 19.4 Å². The lowest BCUT2D eigenvalue weighted by molar-refractivity contribution is -0.175. The number of amides is 1. The van der Waals surface area contributed by atoms with Gasteiger partial charge in [-0.1, -0.05) is 0 Å². The van der Waals surface area contributed by atoms with Gasteiger partial charge in [0, 0.05) is 6.54 Å². The highest BCUT2D eigenvalue weighted by Crippen LogP contribution is 2.17. The molecule has 1 amide bonds. The van der Waals surface area contributed by atoms with Crippen molar-refractivity contribution < 1.29 is 31.1 Å². The molecule has 1 fully saturated rings. The standard InChI is InChI=1S/C9H14F3NO4S/c10-9(11,12)6-17-4-8(14)13-3-7-1-2-18(15,16)5-7/h7H,1-6H2,(H,13,14)/t7-/m0/s1. The molecule has 0 aromatic rings. The molecular weight excluding hydrogens is 275 g/mol. The van der Waals surface area contributed by atoms with Crippen LogP contribution < -0.4 is 5.32 Å². The van der Waals surface area contributed by atoms with Crippen molar-refractivity contribution in [3.05, 3.63) is 0 Å². The van der Waals surface area contributed by atoms with Gasteiger partial charge in [0.2, 0.25) is 5.91 Å². The molecule has 0 aliphatic carbocycles. The lowest BCUT2D eigenvalue weighted by Gasteiger charge is -2.10. The van der Waals surface area contributed by atoms with Gasteiger partial charge in [-0.15, -0.1) is 0 Å². The molecule has 1 saturated heterocycles. The summed E-state index contributed by atoms with van der Waals surface area (Å²) in [6, 6.07) is 0. The average Bonchev–Trinajstić information content (AvgIpc) is 2.53. The maximum atomic E-state index is 11.7. The van der Waals surface area contributed by atoms with Crippen LogP contribution >= 0.6 is 0 Å². The fourth-order valence-corrected chi connectivity index (χ4v) is 3.46. The molecule has 0 aromatic carbocycles. The maximum absolute atomic E-state index is 11.7. The van der Waals surface area contributed by atoms with Crippen molar-refractivity contribution in [1.82, 2.24) is 5.32 Å². The molecule has 5 nitrogen and oxygen atoms in total. The van der Waals surface area contributed by atoms with E-state index in [2.05, 4.69) is 10.1 Å². The van der Waals surface area contributed by atoms with Crippen LogP contribution in [0.2, 0.25) is 0 Å². The second-order valence-corrected chi connectivity index (χ2v) is 6.41. The van der Waals surface area contributed by atoms with Crippen LogP contribution in [0.3, 0.4) is 0 Å². The number of ether oxygens (including phenoxy) is 1. The van der Waals surface area contributed by atoms with Crippen LogP contribution in [0.4, 0.5) is 13.2 Å². The van der Waals surface area contributed by atoms with Gasteiger partial charge in [0.05, 0.1) is 11.5 Å². The summed E-state index contributed by atoms with van der Waals surface area (Å²) < 4.78 is 61.5. The summed E-state index contributed by atoms with van der Waals surface area (Å²) in [6.07, 6.45) is -3.99. The Morgan fingerprint density at radius 2 is 2.06 bits per heavy atom. The smallest absolute Gasteiger partial charge is 0.362 e. The summed E-state index contributed by atoms with van der Waals surface area (Å²) in [5.74, 6) is -0.737. The number of sulfone groups is 1. The number of hydrogen-bond acceptors (Lipinski definition) is 4. The van der Waals surface area contributed by atoms with Crippen molar-refractivity contribution >= 4 is 15.7 Å². The maximum Gasteiger partial charge on any atom is 0.411 e. The number of rotatable bonds is 5. The largest absolute Gasteiger partial charge is 0.411 e. The van der Waals surface area contributed by atoms with Gasteiger partial charge in [0.15, 0.2) is 9.84 Å². The van der Waals surface area contributed by atoms with Crippen LogP contribution in [0.25, 0.3) is 0 Å². The monoisotopic (exact) mass is 289 g/mol. The number of hydrogen-bond donors (Lipinski definition) is 1. The minimum absolute atomic E-state index is 0.0106. The van der Waals surface area contributed by atoms with Crippen molar-refractivity contribution in [3.63, 3.8) is 0 Å². The number of carbonyl (C=O) groups is 1. The first-order valence-corrected chi connectivity index (χ1v) is 7.12. The highest BCUT2D eigenvalue weighted by Gasteiger charge is 2.29. The van der Waals surface area contributed by atoms with E-state index in [1.807, 2.05) is 0 Å². The SMILES string of the molecule is O=C(COCC(F)(F)F)NC[C@@H]1CCS(=O)(=O)C1. The lowest BCUT2D eigenvalue weighted by Crippen LogP contribution is -2.33. The van der Waals surface area contributed by atoms with Crippen LogP contribution in [0.15, 0.2) is 0 Å². The van der Waals surface area contributed by atoms with Crippen LogP contribution in [0.5, 0.6) is 0 Å². The van der Waals surface area contributed by atoms with Crippen molar-refractivity contribution in [3.8, 4) is 0 Å². The number of nitrogens with one attached hydrogen (secondary N) is 1. The Kier molecular flexibility index (Phi) is 4.97. The molecule has 1 N–H and O–H groups in total.